The zero-order chi connectivity index (χ0) is 11.5. The van der Waals surface area contributed by atoms with Gasteiger partial charge in [-0.3, -0.25) is 4.72 Å². The Balaban J connectivity index is 1.63. The summed E-state index contributed by atoms with van der Waals surface area (Å²) in [5.74, 6) is 0. The molecule has 1 saturated carbocycles. The third-order valence-electron chi connectivity index (χ3n) is 3.41. The Hall–Kier alpha value is -0.740. The van der Waals surface area contributed by atoms with Crippen molar-refractivity contribution in [2.24, 2.45) is 0 Å². The van der Waals surface area contributed by atoms with Gasteiger partial charge in [-0.25, -0.2) is 4.98 Å². The molecule has 2 aliphatic carbocycles. The van der Waals surface area contributed by atoms with Gasteiger partial charge in [-0.2, -0.15) is 0 Å². The molecule has 1 N–H and O–H groups in total. The lowest BCUT2D eigenvalue weighted by atomic mass is 9.96. The molecule has 3 rings (SSSR count). The first kappa shape index (κ1) is 11.4. The summed E-state index contributed by atoms with van der Waals surface area (Å²) in [5, 5.41) is 1.78. The largest absolute Gasteiger partial charge is 0.431 e. The van der Waals surface area contributed by atoms with Crippen LogP contribution in [0.5, 0.6) is 0 Å². The minimum absolute atomic E-state index is 0.630. The molecule has 0 aromatic carbocycles. The third kappa shape index (κ3) is 2.75. The predicted octanol–water partition coefficient (Wildman–Crippen LogP) is 1.96. The third-order valence-corrected chi connectivity index (χ3v) is 4.21. The van der Waals surface area contributed by atoms with Gasteiger partial charge in [0.05, 0.1) is 0 Å². The Labute approximate surface area is 106 Å². The molecule has 0 saturated heterocycles. The second-order valence-electron chi connectivity index (χ2n) is 4.77. The highest BCUT2D eigenvalue weighted by Crippen LogP contribution is 2.20. The molecule has 0 atom stereocenters. The summed E-state index contributed by atoms with van der Waals surface area (Å²) >= 11 is 1.55. The average molecular weight is 250 g/mol. The smallest absolute Gasteiger partial charge is 0.272 e. The Kier molecular flexibility index (Phi) is 3.52. The van der Waals surface area contributed by atoms with E-state index in [9.17, 15) is 0 Å². The number of nitrogens with zero attached hydrogens (tertiary/aromatic N) is 1. The van der Waals surface area contributed by atoms with E-state index < -0.39 is 0 Å². The fourth-order valence-corrected chi connectivity index (χ4v) is 3.23. The van der Waals surface area contributed by atoms with E-state index in [1.807, 2.05) is 0 Å². The van der Waals surface area contributed by atoms with E-state index >= 15 is 0 Å². The molecule has 1 heterocycles. The molecule has 0 amide bonds. The van der Waals surface area contributed by atoms with Crippen LogP contribution in [0.4, 0.5) is 0 Å². The van der Waals surface area contributed by atoms with Crippen LogP contribution in [0.1, 0.15) is 44.9 Å². The Morgan fingerprint density at radius 3 is 2.82 bits per heavy atom. The number of aromatic nitrogens is 1. The molecule has 17 heavy (non-hydrogen) atoms. The number of rotatable bonds is 3. The topological polar surface area (TPSA) is 38.1 Å². The van der Waals surface area contributed by atoms with Crippen LogP contribution >= 0.6 is 11.9 Å². The highest BCUT2D eigenvalue weighted by atomic mass is 32.2. The first-order valence-electron chi connectivity index (χ1n) is 6.51. The highest BCUT2D eigenvalue weighted by Gasteiger charge is 2.14. The highest BCUT2D eigenvalue weighted by molar-refractivity contribution is 7.97. The fourth-order valence-electron chi connectivity index (χ4n) is 2.45. The Morgan fingerprint density at radius 1 is 1.18 bits per heavy atom. The van der Waals surface area contributed by atoms with Crippen molar-refractivity contribution in [3.8, 4) is 0 Å². The molecule has 0 spiro atoms. The van der Waals surface area contributed by atoms with Gasteiger partial charge in [0.1, 0.15) is 5.35 Å². The molecular formula is C13H18N2OS. The fraction of sp³-hybridized carbons (Fsp3) is 0.615. The number of hydrogen-bond acceptors (Lipinski definition) is 4. The summed E-state index contributed by atoms with van der Waals surface area (Å²) < 4.78 is 9.18. The summed E-state index contributed by atoms with van der Waals surface area (Å²) in [7, 11) is 0. The van der Waals surface area contributed by atoms with E-state index in [1.165, 1.54) is 32.1 Å². The van der Waals surface area contributed by atoms with Crippen LogP contribution in [0.2, 0.25) is 0 Å². The van der Waals surface area contributed by atoms with Crippen LogP contribution in [-0.4, -0.2) is 11.0 Å². The van der Waals surface area contributed by atoms with Crippen molar-refractivity contribution in [2.75, 3.05) is 0 Å². The van der Waals surface area contributed by atoms with Crippen LogP contribution in [0.3, 0.4) is 0 Å². The van der Waals surface area contributed by atoms with E-state index in [0.29, 0.717) is 6.04 Å². The second kappa shape index (κ2) is 5.27. The molecule has 1 aromatic heterocycles. The van der Waals surface area contributed by atoms with Crippen LogP contribution in [0.25, 0.3) is 12.2 Å². The maximum absolute atomic E-state index is 5.70. The lowest BCUT2D eigenvalue weighted by molar-refractivity contribution is 0.409. The quantitative estimate of drug-likeness (QED) is 0.832. The molecule has 1 aromatic rings. The molecule has 92 valence electrons. The number of oxazole rings is 1. The number of hydrogen-bond donors (Lipinski definition) is 1. The molecule has 3 nitrogen and oxygen atoms in total. The lowest BCUT2D eigenvalue weighted by Crippen LogP contribution is -2.25. The molecular weight excluding hydrogens is 232 g/mol. The summed E-state index contributed by atoms with van der Waals surface area (Å²) in [6.45, 7) is 0. The molecule has 0 unspecified atom stereocenters. The predicted molar refractivity (Wildman–Crippen MR) is 69.8 cm³/mol. The SMILES string of the molecule is C1=c2nc(SNC3CCCCC3)oc2=CCC1. The van der Waals surface area contributed by atoms with E-state index in [0.717, 1.165) is 28.8 Å². The van der Waals surface area contributed by atoms with Gasteiger partial charge in [-0.15, -0.1) is 0 Å². The Morgan fingerprint density at radius 2 is 2.00 bits per heavy atom. The van der Waals surface area contributed by atoms with Gasteiger partial charge >= 0.3 is 0 Å². The van der Waals surface area contributed by atoms with Crippen molar-refractivity contribution in [2.45, 2.75) is 56.2 Å². The summed E-state index contributed by atoms with van der Waals surface area (Å²) in [6.07, 6.45) is 13.1. The normalized spacial score (nSPS) is 20.5. The summed E-state index contributed by atoms with van der Waals surface area (Å²) in [5.41, 5.74) is 0.948. The standard InChI is InChI=1S/C13H18N2OS/c1-2-6-10(7-3-1)15-17-13-14-11-8-4-5-9-12(11)16-13/h8-10,15H,1-7H2. The summed E-state index contributed by atoms with van der Waals surface area (Å²) in [6, 6.07) is 0.630. The van der Waals surface area contributed by atoms with Crippen LogP contribution in [-0.2, 0) is 0 Å². The van der Waals surface area contributed by atoms with Crippen molar-refractivity contribution in [1.29, 1.82) is 0 Å². The van der Waals surface area contributed by atoms with E-state index in [-0.39, 0.29) is 0 Å². The first-order valence-corrected chi connectivity index (χ1v) is 7.33. The molecule has 1 fully saturated rings. The zero-order valence-corrected chi connectivity index (χ0v) is 10.8. The molecule has 0 aliphatic heterocycles. The van der Waals surface area contributed by atoms with Crippen molar-refractivity contribution < 1.29 is 4.42 Å². The van der Waals surface area contributed by atoms with Crippen molar-refractivity contribution in [3.63, 3.8) is 0 Å². The van der Waals surface area contributed by atoms with Gasteiger partial charge in [-0.1, -0.05) is 25.3 Å². The Bertz CT molecular complexity index is 455. The number of fused-ring (bicyclic) bond motifs is 1. The molecule has 2 aliphatic rings. The van der Waals surface area contributed by atoms with E-state index in [2.05, 4.69) is 21.9 Å². The van der Waals surface area contributed by atoms with Gasteiger partial charge in [-0.05, 0) is 31.8 Å². The average Bonchev–Trinajstić information content (AvgIpc) is 2.80. The van der Waals surface area contributed by atoms with Gasteiger partial charge < -0.3 is 4.42 Å². The zero-order valence-electron chi connectivity index (χ0n) is 9.95. The second-order valence-corrected chi connectivity index (χ2v) is 5.56. The molecule has 0 bridgehead atoms. The van der Waals surface area contributed by atoms with E-state index in [4.69, 9.17) is 4.42 Å². The maximum atomic E-state index is 5.70. The van der Waals surface area contributed by atoms with Gasteiger partial charge in [0.15, 0.2) is 5.42 Å². The van der Waals surface area contributed by atoms with E-state index in [1.54, 1.807) is 11.9 Å². The lowest BCUT2D eigenvalue weighted by Gasteiger charge is -2.21. The van der Waals surface area contributed by atoms with Gasteiger partial charge in [0, 0.05) is 18.0 Å². The van der Waals surface area contributed by atoms with Gasteiger partial charge in [0.25, 0.3) is 5.22 Å². The van der Waals surface area contributed by atoms with Crippen molar-refractivity contribution in [1.82, 2.24) is 9.71 Å². The minimum Gasteiger partial charge on any atom is -0.431 e. The van der Waals surface area contributed by atoms with Crippen LogP contribution in [0, 0.1) is 0 Å². The first-order chi connectivity index (χ1) is 8.42. The number of nitrogens with one attached hydrogen (secondary N) is 1. The van der Waals surface area contributed by atoms with Crippen molar-refractivity contribution in [3.05, 3.63) is 10.8 Å². The molecule has 0 radical (unpaired) electrons. The van der Waals surface area contributed by atoms with Gasteiger partial charge in [0.2, 0.25) is 0 Å². The van der Waals surface area contributed by atoms with Crippen molar-refractivity contribution >= 4 is 24.1 Å². The monoisotopic (exact) mass is 250 g/mol. The van der Waals surface area contributed by atoms with Crippen LogP contribution in [0.15, 0.2) is 9.64 Å². The summed E-state index contributed by atoms with van der Waals surface area (Å²) in [4.78, 5) is 4.48. The maximum Gasteiger partial charge on any atom is 0.272 e. The molecule has 4 heteroatoms. The minimum atomic E-state index is 0.630. The van der Waals surface area contributed by atoms with Crippen LogP contribution < -0.4 is 15.5 Å².